The van der Waals surface area contributed by atoms with Crippen LogP contribution in [0.25, 0.3) is 10.9 Å². The van der Waals surface area contributed by atoms with Gasteiger partial charge in [0.05, 0.1) is 5.69 Å². The van der Waals surface area contributed by atoms with E-state index in [1.165, 1.54) is 33.7 Å². The third-order valence-electron chi connectivity index (χ3n) is 7.01. The number of benzene rings is 1. The van der Waals surface area contributed by atoms with Crippen LogP contribution < -0.4 is 10.6 Å². The van der Waals surface area contributed by atoms with Crippen LogP contribution in [-0.4, -0.2) is 78.2 Å². The van der Waals surface area contributed by atoms with Gasteiger partial charge in [0.1, 0.15) is 11.1 Å². The number of halogens is 2. The molecule has 5 rings (SSSR count). The lowest BCUT2D eigenvalue weighted by atomic mass is 9.95. The van der Waals surface area contributed by atoms with Gasteiger partial charge in [-0.3, -0.25) is 9.59 Å². The summed E-state index contributed by atoms with van der Waals surface area (Å²) in [5, 5.41) is 7.48. The summed E-state index contributed by atoms with van der Waals surface area (Å²) in [6.07, 6.45) is 0. The molecule has 37 heavy (non-hydrogen) atoms. The minimum Gasteiger partial charge on any atom is -0.357 e. The van der Waals surface area contributed by atoms with Gasteiger partial charge in [-0.1, -0.05) is 18.5 Å². The first-order valence-corrected chi connectivity index (χ1v) is 14.3. The molecule has 0 radical (unpaired) electrons. The number of amides is 2. The van der Waals surface area contributed by atoms with E-state index in [2.05, 4.69) is 34.4 Å². The molecule has 3 unspecified atom stereocenters. The Morgan fingerprint density at radius 3 is 2.70 bits per heavy atom. The standard InChI is InChI=1S/C23H27ClN6O4S2.ClH/c1-12-13(2)26-10-18-20(12)28-22(35-18)23(32)30-7-6-29(11-17(30)21(31)25-3)36(33,34)19-9-14-8-15(24)4-5-16(14)27-19;/h4-5,8-9,12-13,17,26-27H,6-7,10-11H2,1-3H3,(H,25,31);1H. The van der Waals surface area contributed by atoms with Gasteiger partial charge in [-0.2, -0.15) is 4.31 Å². The highest BCUT2D eigenvalue weighted by molar-refractivity contribution is 7.89. The summed E-state index contributed by atoms with van der Waals surface area (Å²) in [6, 6.07) is 5.86. The molecule has 2 aliphatic heterocycles. The lowest BCUT2D eigenvalue weighted by molar-refractivity contribution is -0.126. The Morgan fingerprint density at radius 2 is 1.97 bits per heavy atom. The summed E-state index contributed by atoms with van der Waals surface area (Å²) in [7, 11) is -2.48. The molecular weight excluding hydrogens is 559 g/mol. The van der Waals surface area contributed by atoms with E-state index in [1.807, 2.05) is 0 Å². The Morgan fingerprint density at radius 1 is 1.22 bits per heavy atom. The second kappa shape index (κ2) is 10.5. The van der Waals surface area contributed by atoms with Crippen LogP contribution in [0, 0.1) is 0 Å². The minimum atomic E-state index is -3.95. The van der Waals surface area contributed by atoms with E-state index in [4.69, 9.17) is 11.6 Å². The first kappa shape index (κ1) is 27.8. The number of piperazine rings is 1. The maximum absolute atomic E-state index is 13.5. The van der Waals surface area contributed by atoms with E-state index in [-0.39, 0.29) is 54.9 Å². The number of rotatable bonds is 4. The number of H-pyrrole nitrogens is 1. The lowest BCUT2D eigenvalue weighted by Gasteiger charge is -2.39. The van der Waals surface area contributed by atoms with Crippen LogP contribution in [0.2, 0.25) is 5.02 Å². The number of hydrogen-bond donors (Lipinski definition) is 3. The Bertz CT molecular complexity index is 1460. The minimum absolute atomic E-state index is 0. The molecule has 1 fully saturated rings. The van der Waals surface area contributed by atoms with Crippen LogP contribution in [0.4, 0.5) is 0 Å². The fourth-order valence-corrected chi connectivity index (χ4v) is 7.40. The number of aromatic amines is 1. The van der Waals surface area contributed by atoms with E-state index in [9.17, 15) is 18.0 Å². The topological polar surface area (TPSA) is 128 Å². The van der Waals surface area contributed by atoms with Gasteiger partial charge in [0, 0.05) is 66.0 Å². The lowest BCUT2D eigenvalue weighted by Crippen LogP contribution is -2.61. The largest absolute Gasteiger partial charge is 0.357 e. The van der Waals surface area contributed by atoms with Crippen molar-refractivity contribution in [2.24, 2.45) is 0 Å². The molecule has 14 heteroatoms. The Balaban J connectivity index is 0.00000320. The van der Waals surface area contributed by atoms with Gasteiger partial charge in [-0.25, -0.2) is 13.4 Å². The predicted octanol–water partition coefficient (Wildman–Crippen LogP) is 2.56. The second-order valence-electron chi connectivity index (χ2n) is 9.14. The highest BCUT2D eigenvalue weighted by Crippen LogP contribution is 2.32. The summed E-state index contributed by atoms with van der Waals surface area (Å²) in [5.74, 6) is -0.633. The van der Waals surface area contributed by atoms with E-state index in [1.54, 1.807) is 18.2 Å². The van der Waals surface area contributed by atoms with Gasteiger partial charge in [0.2, 0.25) is 5.91 Å². The van der Waals surface area contributed by atoms with E-state index in [0.29, 0.717) is 27.5 Å². The zero-order valence-electron chi connectivity index (χ0n) is 20.4. The van der Waals surface area contributed by atoms with Gasteiger partial charge < -0.3 is 20.5 Å². The summed E-state index contributed by atoms with van der Waals surface area (Å²) in [6.45, 7) is 4.75. The number of nitrogens with one attached hydrogen (secondary N) is 3. The van der Waals surface area contributed by atoms with Crippen molar-refractivity contribution < 1.29 is 18.0 Å². The number of likely N-dealkylation sites (N-methyl/N-ethyl adjacent to an activating group) is 1. The molecule has 10 nitrogen and oxygen atoms in total. The molecule has 2 amide bonds. The summed E-state index contributed by atoms with van der Waals surface area (Å²) < 4.78 is 28.1. The Kier molecular flexibility index (Phi) is 7.89. The maximum Gasteiger partial charge on any atom is 0.283 e. The summed E-state index contributed by atoms with van der Waals surface area (Å²) >= 11 is 7.37. The number of carbonyl (C=O) groups excluding carboxylic acids is 2. The van der Waals surface area contributed by atoms with Crippen LogP contribution in [0.3, 0.4) is 0 Å². The number of fused-ring (bicyclic) bond motifs is 2. The van der Waals surface area contributed by atoms with Crippen LogP contribution in [0.1, 0.15) is 40.1 Å². The fraction of sp³-hybridized carbons (Fsp3) is 0.435. The van der Waals surface area contributed by atoms with Crippen molar-refractivity contribution in [2.45, 2.75) is 43.4 Å². The molecule has 0 spiro atoms. The monoisotopic (exact) mass is 586 g/mol. The number of nitrogens with zero attached hydrogens (tertiary/aromatic N) is 3. The van der Waals surface area contributed by atoms with Gasteiger partial charge in [0.25, 0.3) is 15.9 Å². The highest BCUT2D eigenvalue weighted by atomic mass is 35.5. The van der Waals surface area contributed by atoms with Crippen molar-refractivity contribution in [1.82, 2.24) is 29.8 Å². The third kappa shape index (κ3) is 4.98. The predicted molar refractivity (Wildman–Crippen MR) is 145 cm³/mol. The van der Waals surface area contributed by atoms with E-state index in [0.717, 1.165) is 10.6 Å². The quantitative estimate of drug-likeness (QED) is 0.431. The third-order valence-corrected chi connectivity index (χ3v) is 10.1. The fourth-order valence-electron chi connectivity index (χ4n) is 4.69. The Labute approximate surface area is 230 Å². The smallest absolute Gasteiger partial charge is 0.283 e. The summed E-state index contributed by atoms with van der Waals surface area (Å²) in [4.78, 5) is 36.3. The zero-order valence-corrected chi connectivity index (χ0v) is 23.7. The second-order valence-corrected chi connectivity index (χ2v) is 12.6. The maximum atomic E-state index is 13.5. The van der Waals surface area contributed by atoms with Gasteiger partial charge in [-0.05, 0) is 31.2 Å². The average molecular weight is 588 g/mol. The number of hydrogen-bond acceptors (Lipinski definition) is 7. The van der Waals surface area contributed by atoms with Crippen LogP contribution in [0.5, 0.6) is 0 Å². The molecule has 3 atom stereocenters. The first-order valence-electron chi connectivity index (χ1n) is 11.6. The van der Waals surface area contributed by atoms with Gasteiger partial charge >= 0.3 is 0 Å². The number of carbonyl (C=O) groups is 2. The number of aromatic nitrogens is 2. The van der Waals surface area contributed by atoms with E-state index >= 15 is 0 Å². The molecular formula is C23H28Cl2N6O4S2. The van der Waals surface area contributed by atoms with E-state index < -0.39 is 22.0 Å². The van der Waals surface area contributed by atoms with Crippen molar-refractivity contribution in [3.8, 4) is 0 Å². The molecule has 1 saturated heterocycles. The van der Waals surface area contributed by atoms with Crippen LogP contribution >= 0.6 is 35.3 Å². The molecule has 3 N–H and O–H groups in total. The van der Waals surface area contributed by atoms with Crippen molar-refractivity contribution in [2.75, 3.05) is 26.7 Å². The normalized spacial score (nSPS) is 22.4. The molecule has 200 valence electrons. The zero-order chi connectivity index (χ0) is 25.8. The Hall–Kier alpha value is -2.22. The molecule has 1 aromatic carbocycles. The van der Waals surface area contributed by atoms with Crippen molar-refractivity contribution in [3.05, 3.63) is 44.9 Å². The molecule has 2 aliphatic rings. The molecule has 0 saturated carbocycles. The molecule has 0 bridgehead atoms. The van der Waals surface area contributed by atoms with Gasteiger partial charge in [-0.15, -0.1) is 23.7 Å². The van der Waals surface area contributed by atoms with Crippen molar-refractivity contribution >= 4 is 68.1 Å². The molecule has 3 aromatic rings. The van der Waals surface area contributed by atoms with Crippen LogP contribution in [-0.2, 0) is 21.4 Å². The first-order chi connectivity index (χ1) is 17.1. The van der Waals surface area contributed by atoms with Gasteiger partial charge in [0.15, 0.2) is 5.01 Å². The molecule has 2 aromatic heterocycles. The van der Waals surface area contributed by atoms with Crippen molar-refractivity contribution in [1.29, 1.82) is 0 Å². The highest BCUT2D eigenvalue weighted by Gasteiger charge is 2.41. The molecule has 4 heterocycles. The molecule has 0 aliphatic carbocycles. The number of thiazole rings is 1. The average Bonchev–Trinajstić information content (AvgIpc) is 3.50. The SMILES string of the molecule is CNC(=O)C1CN(S(=O)(=O)c2cc3cc(Cl)ccc3[nH]2)CCN1C(=O)c1nc2c(s1)CNC(C)C2C.Cl. The summed E-state index contributed by atoms with van der Waals surface area (Å²) in [5.41, 5.74) is 1.55. The number of sulfonamides is 1. The van der Waals surface area contributed by atoms with Crippen LogP contribution in [0.15, 0.2) is 29.3 Å². The van der Waals surface area contributed by atoms with Crippen molar-refractivity contribution in [3.63, 3.8) is 0 Å².